The van der Waals surface area contributed by atoms with Crippen LogP contribution < -0.4 is 15.6 Å². The van der Waals surface area contributed by atoms with Gasteiger partial charge in [0.2, 0.25) is 5.88 Å². The Morgan fingerprint density at radius 3 is 2.55 bits per heavy atom. The number of fused-ring (bicyclic) bond motifs is 3. The fourth-order valence-corrected chi connectivity index (χ4v) is 6.19. The van der Waals surface area contributed by atoms with Crippen molar-refractivity contribution in [2.24, 2.45) is 22.0 Å². The van der Waals surface area contributed by atoms with E-state index in [0.29, 0.717) is 33.5 Å². The van der Waals surface area contributed by atoms with Gasteiger partial charge in [0.1, 0.15) is 11.5 Å². The van der Waals surface area contributed by atoms with Gasteiger partial charge < -0.3 is 14.6 Å². The van der Waals surface area contributed by atoms with Crippen LogP contribution in [0.25, 0.3) is 16.7 Å². The largest absolute Gasteiger partial charge is 0.391 e. The SMILES string of the molecule is C=C(C(=O)c1ccc2c(c1)N=C(c1cc(-c3cccnc3ON)ccc1N=O)C1CC21)c1ccc(N2CCN(C)CC2)nc1. The maximum absolute atomic E-state index is 13.6. The minimum absolute atomic E-state index is 0.166. The zero-order valence-electron chi connectivity index (χ0n) is 24.3. The van der Waals surface area contributed by atoms with Crippen molar-refractivity contribution in [2.45, 2.75) is 12.3 Å². The maximum atomic E-state index is 13.6. The van der Waals surface area contributed by atoms with Gasteiger partial charge in [-0.2, -0.15) is 5.90 Å². The topological polar surface area (TPSA) is 126 Å². The molecule has 0 amide bonds. The molecule has 0 spiro atoms. The van der Waals surface area contributed by atoms with Crippen LogP contribution in [0.3, 0.4) is 0 Å². The number of nitroso groups, excluding NO2 is 1. The molecule has 1 saturated carbocycles. The number of nitrogens with zero attached hydrogens (tertiary/aromatic N) is 6. The van der Waals surface area contributed by atoms with Gasteiger partial charge in [0.15, 0.2) is 5.78 Å². The number of anilines is 1. The molecular weight excluding hydrogens is 554 g/mol. The molecule has 4 aromatic rings. The van der Waals surface area contributed by atoms with E-state index in [1.807, 2.05) is 42.5 Å². The lowest BCUT2D eigenvalue weighted by atomic mass is 9.92. The minimum atomic E-state index is -0.181. The van der Waals surface area contributed by atoms with E-state index in [9.17, 15) is 9.70 Å². The Labute approximate surface area is 254 Å². The zero-order valence-corrected chi connectivity index (χ0v) is 24.3. The summed E-state index contributed by atoms with van der Waals surface area (Å²) in [6.45, 7) is 7.93. The number of likely N-dealkylation sites (N-methyl/N-ethyl adjacent to an activating group) is 1. The second kappa shape index (κ2) is 11.2. The summed E-state index contributed by atoms with van der Waals surface area (Å²) in [5, 5.41) is 3.29. The van der Waals surface area contributed by atoms with E-state index in [1.165, 1.54) is 0 Å². The van der Waals surface area contributed by atoms with Gasteiger partial charge in [-0.25, -0.2) is 9.97 Å². The molecule has 2 atom stereocenters. The Morgan fingerprint density at radius 2 is 1.80 bits per heavy atom. The lowest BCUT2D eigenvalue weighted by molar-refractivity contribution is 0.105. The standard InChI is InChI=1S/C34H31N7O3/c1-20(23-7-10-31(37-19-23)41-14-12-40(2)13-15-41)33(42)22-5-8-25-26-18-27(26)32(38-30(25)17-22)28-16-21(6-9-29(28)39-43)24-4-3-11-36-34(24)44-35/h3-11,16-17,19,26-27H,1,12-15,18,35H2,2H3. The van der Waals surface area contributed by atoms with Crippen LogP contribution in [-0.2, 0) is 0 Å². The van der Waals surface area contributed by atoms with Crippen LogP contribution in [0.5, 0.6) is 5.88 Å². The number of nitrogens with two attached hydrogens (primary N) is 1. The van der Waals surface area contributed by atoms with E-state index in [1.54, 1.807) is 30.6 Å². The van der Waals surface area contributed by atoms with Gasteiger partial charge in [0, 0.05) is 72.3 Å². The Morgan fingerprint density at radius 1 is 0.977 bits per heavy atom. The molecule has 2 N–H and O–H groups in total. The number of hydrogen-bond donors (Lipinski definition) is 1. The van der Waals surface area contributed by atoms with Gasteiger partial charge in [-0.05, 0) is 78.2 Å². The Kier molecular flexibility index (Phi) is 7.07. The summed E-state index contributed by atoms with van der Waals surface area (Å²) in [4.78, 5) is 48.8. The Hall–Kier alpha value is -5.06. The van der Waals surface area contributed by atoms with Gasteiger partial charge >= 0.3 is 0 Å². The molecule has 2 aromatic heterocycles. The average Bonchev–Trinajstić information content (AvgIpc) is 3.89. The number of pyridine rings is 2. The molecule has 2 unspecified atom stereocenters. The lowest BCUT2D eigenvalue weighted by Crippen LogP contribution is -2.44. The number of hydrogen-bond acceptors (Lipinski definition) is 10. The highest BCUT2D eigenvalue weighted by Gasteiger charge is 2.47. The van der Waals surface area contributed by atoms with Crippen molar-refractivity contribution >= 4 is 34.3 Å². The van der Waals surface area contributed by atoms with Gasteiger partial charge in [-0.1, -0.05) is 24.8 Å². The number of aromatic nitrogens is 2. The number of ketones is 1. The summed E-state index contributed by atoms with van der Waals surface area (Å²) in [5.74, 6) is 6.88. The number of allylic oxidation sites excluding steroid dienone is 1. The first-order valence-electron chi connectivity index (χ1n) is 14.6. The molecule has 4 heterocycles. The first-order chi connectivity index (χ1) is 21.4. The number of aliphatic imine (C=N–C) groups is 1. The van der Waals surface area contributed by atoms with E-state index < -0.39 is 0 Å². The fraction of sp³-hybridized carbons (Fsp3) is 0.235. The smallest absolute Gasteiger partial charge is 0.245 e. The molecule has 0 radical (unpaired) electrons. The van der Waals surface area contributed by atoms with Crippen LogP contribution in [0.15, 0.2) is 89.8 Å². The van der Waals surface area contributed by atoms with E-state index in [2.05, 4.69) is 38.6 Å². The molecule has 2 aliphatic heterocycles. The summed E-state index contributed by atoms with van der Waals surface area (Å²) in [6.07, 6.45) is 4.23. The summed E-state index contributed by atoms with van der Waals surface area (Å²) < 4.78 is 0. The minimum Gasteiger partial charge on any atom is -0.391 e. The number of carbonyl (C=O) groups excluding carboxylic acids is 1. The first kappa shape index (κ1) is 27.8. The second-order valence-corrected chi connectivity index (χ2v) is 11.5. The van der Waals surface area contributed by atoms with Gasteiger partial charge in [-0.3, -0.25) is 9.79 Å². The number of benzene rings is 2. The van der Waals surface area contributed by atoms with Gasteiger partial charge in [0.05, 0.1) is 11.4 Å². The van der Waals surface area contributed by atoms with Gasteiger partial charge in [-0.15, -0.1) is 4.91 Å². The monoisotopic (exact) mass is 585 g/mol. The Bertz CT molecular complexity index is 1830. The molecule has 1 aliphatic carbocycles. The van der Waals surface area contributed by atoms with Crippen molar-refractivity contribution in [1.82, 2.24) is 14.9 Å². The lowest BCUT2D eigenvalue weighted by Gasteiger charge is -2.33. The van der Waals surface area contributed by atoms with Crippen LogP contribution in [-0.4, -0.2) is 59.6 Å². The predicted molar refractivity (Wildman–Crippen MR) is 171 cm³/mol. The molecule has 7 rings (SSSR count). The summed E-state index contributed by atoms with van der Waals surface area (Å²) >= 11 is 0. The number of carbonyl (C=O) groups is 1. The van der Waals surface area contributed by atoms with E-state index in [-0.39, 0.29) is 23.5 Å². The third kappa shape index (κ3) is 4.97. The van der Waals surface area contributed by atoms with Crippen molar-refractivity contribution in [1.29, 1.82) is 0 Å². The Balaban J connectivity index is 1.18. The quantitative estimate of drug-likeness (QED) is 0.121. The maximum Gasteiger partial charge on any atom is 0.245 e. The molecule has 44 heavy (non-hydrogen) atoms. The predicted octanol–water partition coefficient (Wildman–Crippen LogP) is 5.68. The molecule has 3 aliphatic rings. The van der Waals surface area contributed by atoms with Crippen molar-refractivity contribution in [3.05, 3.63) is 107 Å². The van der Waals surface area contributed by atoms with E-state index in [0.717, 1.165) is 60.9 Å². The third-order valence-corrected chi connectivity index (χ3v) is 8.84. The second-order valence-electron chi connectivity index (χ2n) is 11.5. The number of rotatable bonds is 8. The van der Waals surface area contributed by atoms with Crippen LogP contribution in [0.1, 0.15) is 39.4 Å². The van der Waals surface area contributed by atoms with Crippen LogP contribution in [0, 0.1) is 10.8 Å². The fourth-order valence-electron chi connectivity index (χ4n) is 6.19. The van der Waals surface area contributed by atoms with Gasteiger partial charge in [0.25, 0.3) is 0 Å². The molecular formula is C34H31N7O3. The zero-order chi connectivity index (χ0) is 30.4. The van der Waals surface area contributed by atoms with Crippen molar-refractivity contribution < 1.29 is 9.63 Å². The summed E-state index contributed by atoms with van der Waals surface area (Å²) in [5.41, 5.74) is 6.58. The van der Waals surface area contributed by atoms with Crippen LogP contribution >= 0.6 is 0 Å². The highest BCUT2D eigenvalue weighted by molar-refractivity contribution is 6.28. The van der Waals surface area contributed by atoms with E-state index in [4.69, 9.17) is 15.7 Å². The molecule has 10 heteroatoms. The normalized spacial score (nSPS) is 19.0. The first-order valence-corrected chi connectivity index (χ1v) is 14.6. The van der Waals surface area contributed by atoms with E-state index >= 15 is 0 Å². The molecule has 220 valence electrons. The summed E-state index contributed by atoms with van der Waals surface area (Å²) in [7, 11) is 2.12. The molecule has 10 nitrogen and oxygen atoms in total. The van der Waals surface area contributed by atoms with Crippen molar-refractivity contribution in [3.63, 3.8) is 0 Å². The average molecular weight is 586 g/mol. The van der Waals surface area contributed by atoms with Crippen molar-refractivity contribution in [2.75, 3.05) is 38.1 Å². The number of piperazine rings is 1. The highest BCUT2D eigenvalue weighted by atomic mass is 16.6. The van der Waals surface area contributed by atoms with Crippen molar-refractivity contribution in [3.8, 4) is 17.0 Å². The highest BCUT2D eigenvalue weighted by Crippen LogP contribution is 2.56. The molecule has 1 saturated heterocycles. The molecule has 2 fully saturated rings. The molecule has 2 aromatic carbocycles. The van der Waals surface area contributed by atoms with Crippen LogP contribution in [0.2, 0.25) is 0 Å². The number of Topliss-reactive ketones (excluding diaryl/α,β-unsaturated/α-hetero) is 1. The van der Waals surface area contributed by atoms with Crippen LogP contribution in [0.4, 0.5) is 17.2 Å². The third-order valence-electron chi connectivity index (χ3n) is 8.84. The summed E-state index contributed by atoms with van der Waals surface area (Å²) in [6, 6.07) is 18.5. The molecule has 0 bridgehead atoms.